The molecule has 2 heterocycles. The molecule has 0 N–H and O–H groups in total. The lowest BCUT2D eigenvalue weighted by Gasteiger charge is -2.27. The summed E-state index contributed by atoms with van der Waals surface area (Å²) in [6.45, 7) is 3.06. The summed E-state index contributed by atoms with van der Waals surface area (Å²) < 4.78 is 11.1. The lowest BCUT2D eigenvalue weighted by Crippen LogP contribution is -2.35. The van der Waals surface area contributed by atoms with Gasteiger partial charge in [-0.05, 0) is 30.9 Å². The molecule has 0 atom stereocenters. The first-order chi connectivity index (χ1) is 9.84. The van der Waals surface area contributed by atoms with Crippen LogP contribution in [0, 0.1) is 0 Å². The van der Waals surface area contributed by atoms with Crippen molar-refractivity contribution in [2.75, 3.05) is 26.3 Å². The second-order valence-corrected chi connectivity index (χ2v) is 5.37. The van der Waals surface area contributed by atoms with E-state index in [0.29, 0.717) is 6.54 Å². The van der Waals surface area contributed by atoms with E-state index in [9.17, 15) is 4.79 Å². The molecular formula is C16H21NO3. The number of hydrogen-bond acceptors (Lipinski definition) is 3. The Bertz CT molecular complexity index is 469. The van der Waals surface area contributed by atoms with Crippen molar-refractivity contribution in [2.45, 2.75) is 32.0 Å². The van der Waals surface area contributed by atoms with Crippen molar-refractivity contribution in [2.24, 2.45) is 0 Å². The van der Waals surface area contributed by atoms with Crippen molar-refractivity contribution in [3.8, 4) is 0 Å². The minimum absolute atomic E-state index is 0.143. The molecule has 1 aromatic carbocycles. The number of hydrogen-bond donors (Lipinski definition) is 0. The van der Waals surface area contributed by atoms with E-state index >= 15 is 0 Å². The Kier molecular flexibility index (Phi) is 4.33. The van der Waals surface area contributed by atoms with Crippen molar-refractivity contribution >= 4 is 5.91 Å². The Morgan fingerprint density at radius 3 is 2.80 bits per heavy atom. The number of fused-ring (bicyclic) bond motifs is 1. The van der Waals surface area contributed by atoms with Gasteiger partial charge < -0.3 is 14.4 Å². The molecule has 3 rings (SSSR count). The highest BCUT2D eigenvalue weighted by atomic mass is 16.7. The Morgan fingerprint density at radius 1 is 1.15 bits per heavy atom. The molecule has 4 heteroatoms. The summed E-state index contributed by atoms with van der Waals surface area (Å²) in [4.78, 5) is 14.5. The SMILES string of the molecule is O=C1c2ccccc2CCCN1CCC1OCCCO1. The highest BCUT2D eigenvalue weighted by molar-refractivity contribution is 5.96. The fourth-order valence-electron chi connectivity index (χ4n) is 2.86. The molecule has 1 aromatic rings. The van der Waals surface area contributed by atoms with Gasteiger partial charge in [0.1, 0.15) is 0 Å². The third kappa shape index (κ3) is 3.02. The van der Waals surface area contributed by atoms with Gasteiger partial charge in [-0.2, -0.15) is 0 Å². The predicted octanol–water partition coefficient (Wildman–Crippen LogP) is 2.23. The summed E-state index contributed by atoms with van der Waals surface area (Å²) in [6.07, 6.45) is 3.58. The molecule has 0 saturated carbocycles. The second-order valence-electron chi connectivity index (χ2n) is 5.37. The van der Waals surface area contributed by atoms with Gasteiger partial charge in [0.15, 0.2) is 6.29 Å². The maximum atomic E-state index is 12.6. The van der Waals surface area contributed by atoms with E-state index in [0.717, 1.165) is 51.0 Å². The molecule has 2 aliphatic heterocycles. The Hall–Kier alpha value is -1.39. The van der Waals surface area contributed by atoms with E-state index in [1.165, 1.54) is 5.56 Å². The number of rotatable bonds is 3. The first-order valence-corrected chi connectivity index (χ1v) is 7.45. The molecule has 1 fully saturated rings. The predicted molar refractivity (Wildman–Crippen MR) is 75.6 cm³/mol. The van der Waals surface area contributed by atoms with E-state index in [4.69, 9.17) is 9.47 Å². The van der Waals surface area contributed by atoms with Crippen LogP contribution in [-0.2, 0) is 15.9 Å². The molecule has 20 heavy (non-hydrogen) atoms. The third-order valence-corrected chi connectivity index (χ3v) is 3.94. The number of amides is 1. The smallest absolute Gasteiger partial charge is 0.254 e. The monoisotopic (exact) mass is 275 g/mol. The molecule has 0 unspecified atom stereocenters. The number of benzene rings is 1. The van der Waals surface area contributed by atoms with Crippen molar-refractivity contribution in [1.29, 1.82) is 0 Å². The van der Waals surface area contributed by atoms with Crippen molar-refractivity contribution in [1.82, 2.24) is 4.90 Å². The summed E-state index contributed by atoms with van der Waals surface area (Å²) in [5.74, 6) is 0.147. The Balaban J connectivity index is 1.63. The summed E-state index contributed by atoms with van der Waals surface area (Å²) in [5, 5.41) is 0. The summed E-state index contributed by atoms with van der Waals surface area (Å²) >= 11 is 0. The molecule has 0 aliphatic carbocycles. The van der Waals surface area contributed by atoms with Crippen LogP contribution in [0.5, 0.6) is 0 Å². The molecule has 1 saturated heterocycles. The molecule has 0 bridgehead atoms. The minimum atomic E-state index is -0.143. The van der Waals surface area contributed by atoms with E-state index < -0.39 is 0 Å². The number of nitrogens with zero attached hydrogens (tertiary/aromatic N) is 1. The first kappa shape index (κ1) is 13.6. The molecule has 0 radical (unpaired) electrons. The van der Waals surface area contributed by atoms with E-state index in [2.05, 4.69) is 6.07 Å². The van der Waals surface area contributed by atoms with Crippen molar-refractivity contribution < 1.29 is 14.3 Å². The maximum Gasteiger partial charge on any atom is 0.254 e. The highest BCUT2D eigenvalue weighted by Crippen LogP contribution is 2.19. The fraction of sp³-hybridized carbons (Fsp3) is 0.562. The zero-order chi connectivity index (χ0) is 13.8. The van der Waals surface area contributed by atoms with Gasteiger partial charge in [0.2, 0.25) is 0 Å². The van der Waals surface area contributed by atoms with E-state index in [1.807, 2.05) is 23.1 Å². The Morgan fingerprint density at radius 2 is 1.95 bits per heavy atom. The zero-order valence-electron chi connectivity index (χ0n) is 11.7. The summed E-state index contributed by atoms with van der Waals surface area (Å²) in [6, 6.07) is 7.94. The van der Waals surface area contributed by atoms with Crippen LogP contribution in [0.4, 0.5) is 0 Å². The number of carbonyl (C=O) groups excluding carboxylic acids is 1. The van der Waals surface area contributed by atoms with E-state index in [-0.39, 0.29) is 12.2 Å². The molecule has 0 spiro atoms. The van der Waals surface area contributed by atoms with Crippen LogP contribution >= 0.6 is 0 Å². The number of aryl methyl sites for hydroxylation is 1. The van der Waals surface area contributed by atoms with Crippen molar-refractivity contribution in [3.05, 3.63) is 35.4 Å². The Labute approximate surface area is 119 Å². The fourth-order valence-corrected chi connectivity index (χ4v) is 2.86. The summed E-state index contributed by atoms with van der Waals surface area (Å²) in [7, 11) is 0. The van der Waals surface area contributed by atoms with Crippen LogP contribution in [0.3, 0.4) is 0 Å². The molecule has 1 amide bonds. The standard InChI is InChI=1S/C16H21NO3/c18-16-14-7-2-1-5-13(14)6-3-9-17(16)10-8-15-19-11-4-12-20-15/h1-2,5,7,15H,3-4,6,8-12H2. The maximum absolute atomic E-state index is 12.6. The quantitative estimate of drug-likeness (QED) is 0.849. The molecule has 0 aromatic heterocycles. The van der Waals surface area contributed by atoms with Gasteiger partial charge in [-0.3, -0.25) is 4.79 Å². The average molecular weight is 275 g/mol. The normalized spacial score (nSPS) is 20.6. The van der Waals surface area contributed by atoms with E-state index in [1.54, 1.807) is 0 Å². The van der Waals surface area contributed by atoms with Gasteiger partial charge in [0.25, 0.3) is 5.91 Å². The van der Waals surface area contributed by atoms with Crippen molar-refractivity contribution in [3.63, 3.8) is 0 Å². The summed E-state index contributed by atoms with van der Waals surface area (Å²) in [5.41, 5.74) is 2.03. The van der Waals surface area contributed by atoms with Crippen LogP contribution in [0.25, 0.3) is 0 Å². The minimum Gasteiger partial charge on any atom is -0.353 e. The van der Waals surface area contributed by atoms with Gasteiger partial charge in [-0.1, -0.05) is 18.2 Å². The van der Waals surface area contributed by atoms with Gasteiger partial charge in [-0.25, -0.2) is 0 Å². The van der Waals surface area contributed by atoms with Gasteiger partial charge in [0.05, 0.1) is 13.2 Å². The van der Waals surface area contributed by atoms with Crippen LogP contribution in [0.2, 0.25) is 0 Å². The lowest BCUT2D eigenvalue weighted by molar-refractivity contribution is -0.182. The van der Waals surface area contributed by atoms with Gasteiger partial charge >= 0.3 is 0 Å². The van der Waals surface area contributed by atoms with Crippen LogP contribution in [0.15, 0.2) is 24.3 Å². The highest BCUT2D eigenvalue weighted by Gasteiger charge is 2.23. The topological polar surface area (TPSA) is 38.8 Å². The third-order valence-electron chi connectivity index (χ3n) is 3.94. The van der Waals surface area contributed by atoms with Gasteiger partial charge in [0, 0.05) is 25.1 Å². The largest absolute Gasteiger partial charge is 0.353 e. The lowest BCUT2D eigenvalue weighted by atomic mass is 10.0. The molecule has 2 aliphatic rings. The molecule has 108 valence electrons. The second kappa shape index (κ2) is 6.37. The number of ether oxygens (including phenoxy) is 2. The van der Waals surface area contributed by atoms with Crippen LogP contribution in [-0.4, -0.2) is 43.4 Å². The first-order valence-electron chi connectivity index (χ1n) is 7.45. The molecular weight excluding hydrogens is 254 g/mol. The molecule has 4 nitrogen and oxygen atoms in total. The average Bonchev–Trinajstić information content (AvgIpc) is 2.66. The van der Waals surface area contributed by atoms with Gasteiger partial charge in [-0.15, -0.1) is 0 Å². The van der Waals surface area contributed by atoms with Crippen LogP contribution in [0.1, 0.15) is 35.2 Å². The van der Waals surface area contributed by atoms with Crippen LogP contribution < -0.4 is 0 Å². The zero-order valence-corrected chi connectivity index (χ0v) is 11.7. The number of carbonyl (C=O) groups is 1.